The van der Waals surface area contributed by atoms with Gasteiger partial charge in [-0.1, -0.05) is 34.1 Å². The molecule has 44 heavy (non-hydrogen) atoms. The van der Waals surface area contributed by atoms with Crippen LogP contribution < -0.4 is 0 Å². The zero-order chi connectivity index (χ0) is 32.6. The van der Waals surface area contributed by atoms with Crippen LogP contribution in [-0.2, 0) is 23.8 Å². The standard InChI is InChI=1S/C32H50N2O8S2/c1-19-9-8-10-24-25(34(24)11-12-40-31(39)41-13-14-43-7)16-26(20(2)15-23-18-44-22(4)33-23)42-28(36)17-27(35)32(5,6)30(38)21(3)29(19)37/h15,18-19,21,24-27,29,35,37H,8-14,16-17H2,1-7H3/b20-15+/t19-,21+,24+,25?,26?,27-,29-,34+/m0/s1. The van der Waals surface area contributed by atoms with E-state index in [1.54, 1.807) is 43.9 Å². The highest BCUT2D eigenvalue weighted by Gasteiger charge is 2.48. The van der Waals surface area contributed by atoms with Gasteiger partial charge in [-0.25, -0.2) is 9.78 Å². The summed E-state index contributed by atoms with van der Waals surface area (Å²) < 4.78 is 16.4. The Morgan fingerprint density at radius 1 is 1.20 bits per heavy atom. The highest BCUT2D eigenvalue weighted by atomic mass is 32.2. The lowest BCUT2D eigenvalue weighted by Crippen LogP contribution is -2.45. The SMILES string of the molecule is CSCCOC(=O)OCC[N@@]1C2CC(/C(C)=C/c3csc(C)n3)OC(=O)C[C@H](O)C(C)(C)C(=O)[C@H](C)[C@@H](O)[C@@H](C)CCC[C@H]21. The Kier molecular flexibility index (Phi) is 13.7. The summed E-state index contributed by atoms with van der Waals surface area (Å²) in [6, 6.07) is 0.266. The molecule has 2 aliphatic heterocycles. The van der Waals surface area contributed by atoms with E-state index in [1.165, 1.54) is 0 Å². The van der Waals surface area contributed by atoms with Crippen molar-refractivity contribution in [3.05, 3.63) is 21.7 Å². The summed E-state index contributed by atoms with van der Waals surface area (Å²) in [7, 11) is 0. The number of nitrogens with zero attached hydrogens (tertiary/aromatic N) is 2. The maximum Gasteiger partial charge on any atom is 0.508 e. The summed E-state index contributed by atoms with van der Waals surface area (Å²) in [5.41, 5.74) is 0.377. The van der Waals surface area contributed by atoms with Gasteiger partial charge in [0.2, 0.25) is 0 Å². The summed E-state index contributed by atoms with van der Waals surface area (Å²) in [6.45, 7) is 11.7. The molecule has 2 saturated heterocycles. The highest BCUT2D eigenvalue weighted by molar-refractivity contribution is 7.98. The van der Waals surface area contributed by atoms with Gasteiger partial charge in [0.25, 0.3) is 0 Å². The maximum atomic E-state index is 13.4. The summed E-state index contributed by atoms with van der Waals surface area (Å²) in [6.07, 6.45) is 3.05. The van der Waals surface area contributed by atoms with Crippen molar-refractivity contribution >= 4 is 47.1 Å². The second-order valence-electron chi connectivity index (χ2n) is 12.7. The van der Waals surface area contributed by atoms with E-state index in [9.17, 15) is 24.6 Å². The van der Waals surface area contributed by atoms with Crippen LogP contribution in [0, 0.1) is 24.2 Å². The molecule has 0 saturated carbocycles. The number of aromatic nitrogens is 1. The molecule has 0 amide bonds. The van der Waals surface area contributed by atoms with Crippen LogP contribution in [0.5, 0.6) is 0 Å². The minimum Gasteiger partial charge on any atom is -0.458 e. The zero-order valence-corrected chi connectivity index (χ0v) is 28.7. The van der Waals surface area contributed by atoms with Gasteiger partial charge in [-0.05, 0) is 50.5 Å². The van der Waals surface area contributed by atoms with Crippen LogP contribution in [0.25, 0.3) is 6.08 Å². The van der Waals surface area contributed by atoms with Gasteiger partial charge in [0, 0.05) is 42.1 Å². The number of hydrogen-bond donors (Lipinski definition) is 2. The van der Waals surface area contributed by atoms with Gasteiger partial charge < -0.3 is 24.4 Å². The van der Waals surface area contributed by atoms with Gasteiger partial charge in [0.05, 0.1) is 34.7 Å². The van der Waals surface area contributed by atoms with Crippen molar-refractivity contribution in [2.24, 2.45) is 17.3 Å². The highest BCUT2D eigenvalue weighted by Crippen LogP contribution is 2.39. The monoisotopic (exact) mass is 654 g/mol. The Morgan fingerprint density at radius 2 is 1.91 bits per heavy atom. The number of aliphatic hydroxyl groups excluding tert-OH is 2. The number of fused-ring (bicyclic) bond motifs is 1. The molecule has 12 heteroatoms. The fourth-order valence-electron chi connectivity index (χ4n) is 6.02. The van der Waals surface area contributed by atoms with Crippen LogP contribution >= 0.6 is 23.1 Å². The first kappa shape index (κ1) is 36.5. The molecular formula is C32H50N2O8S2. The topological polar surface area (TPSA) is 135 Å². The van der Waals surface area contributed by atoms with E-state index >= 15 is 0 Å². The van der Waals surface area contributed by atoms with Crippen molar-refractivity contribution in [3.63, 3.8) is 0 Å². The number of aliphatic hydroxyl groups is 2. The number of thiazole rings is 1. The molecule has 0 radical (unpaired) electrons. The molecular weight excluding hydrogens is 604 g/mol. The fraction of sp³-hybridized carbons (Fsp3) is 0.750. The third kappa shape index (κ3) is 10.0. The molecule has 8 atom stereocenters. The Labute approximate surface area is 269 Å². The number of ketones is 1. The number of cyclic esters (lactones) is 1. The van der Waals surface area contributed by atoms with E-state index < -0.39 is 41.8 Å². The third-order valence-electron chi connectivity index (χ3n) is 9.03. The van der Waals surface area contributed by atoms with Gasteiger partial charge >= 0.3 is 12.1 Å². The molecule has 2 unspecified atom stereocenters. The predicted molar refractivity (Wildman–Crippen MR) is 173 cm³/mol. The van der Waals surface area contributed by atoms with Crippen molar-refractivity contribution < 1.29 is 38.8 Å². The van der Waals surface area contributed by atoms with E-state index in [0.717, 1.165) is 35.5 Å². The maximum absolute atomic E-state index is 13.4. The Balaban J connectivity index is 1.82. The van der Waals surface area contributed by atoms with Crippen LogP contribution in [0.15, 0.2) is 11.0 Å². The number of carbonyl (C=O) groups excluding carboxylic acids is 3. The van der Waals surface area contributed by atoms with Crippen LogP contribution in [0.3, 0.4) is 0 Å². The van der Waals surface area contributed by atoms with Crippen molar-refractivity contribution in [2.45, 2.75) is 104 Å². The molecule has 3 rings (SSSR count). The number of rotatable bonds is 8. The quantitative estimate of drug-likeness (QED) is 0.225. The number of ether oxygens (including phenoxy) is 3. The average Bonchev–Trinajstić information content (AvgIpc) is 3.43. The number of Topliss-reactive ketones (excluding diaryl/α,β-unsaturated/α-hetero) is 1. The molecule has 1 aromatic heterocycles. The Morgan fingerprint density at radius 3 is 2.57 bits per heavy atom. The first-order valence-electron chi connectivity index (χ1n) is 15.5. The molecule has 0 aliphatic carbocycles. The van der Waals surface area contributed by atoms with E-state index in [1.807, 2.05) is 38.5 Å². The molecule has 1 aromatic rings. The Bertz CT molecular complexity index is 1160. The van der Waals surface area contributed by atoms with Gasteiger partial charge in [0.15, 0.2) is 0 Å². The first-order valence-corrected chi connectivity index (χ1v) is 17.8. The first-order chi connectivity index (χ1) is 20.8. The number of aryl methyl sites for hydroxylation is 1. The van der Waals surface area contributed by atoms with E-state index in [4.69, 9.17) is 14.2 Å². The van der Waals surface area contributed by atoms with Gasteiger partial charge in [-0.2, -0.15) is 11.8 Å². The van der Waals surface area contributed by atoms with Crippen LogP contribution in [-0.4, -0.2) is 100 Å². The summed E-state index contributed by atoms with van der Waals surface area (Å²) in [5, 5.41) is 24.9. The van der Waals surface area contributed by atoms with Gasteiger partial charge in [-0.15, -0.1) is 11.3 Å². The zero-order valence-electron chi connectivity index (χ0n) is 27.1. The van der Waals surface area contributed by atoms with Crippen LogP contribution in [0.4, 0.5) is 4.79 Å². The summed E-state index contributed by atoms with van der Waals surface area (Å²) >= 11 is 3.12. The average molecular weight is 655 g/mol. The number of hydrogen-bond acceptors (Lipinski definition) is 12. The van der Waals surface area contributed by atoms with E-state index in [2.05, 4.69) is 9.88 Å². The molecule has 3 heterocycles. The lowest BCUT2D eigenvalue weighted by atomic mass is 9.73. The van der Waals surface area contributed by atoms with E-state index in [-0.39, 0.29) is 36.8 Å². The van der Waals surface area contributed by atoms with Crippen LogP contribution in [0.2, 0.25) is 0 Å². The summed E-state index contributed by atoms with van der Waals surface area (Å²) in [4.78, 5) is 45.4. The minimum absolute atomic E-state index is 0.0828. The smallest absolute Gasteiger partial charge is 0.458 e. The van der Waals surface area contributed by atoms with E-state index in [0.29, 0.717) is 25.3 Å². The molecule has 2 N–H and O–H groups in total. The largest absolute Gasteiger partial charge is 0.508 e. The van der Waals surface area contributed by atoms with Crippen molar-refractivity contribution in [2.75, 3.05) is 31.8 Å². The predicted octanol–water partition coefficient (Wildman–Crippen LogP) is 4.89. The fourth-order valence-corrected chi connectivity index (χ4v) is 6.84. The van der Waals surface area contributed by atoms with Crippen LogP contribution in [0.1, 0.15) is 77.4 Å². The summed E-state index contributed by atoms with van der Waals surface area (Å²) in [5.74, 6) is -0.996. The second-order valence-corrected chi connectivity index (χ2v) is 14.7. The van der Waals surface area contributed by atoms with Gasteiger partial charge in [-0.3, -0.25) is 14.5 Å². The molecule has 2 fully saturated rings. The van der Waals surface area contributed by atoms with Gasteiger partial charge in [0.1, 0.15) is 25.1 Å². The van der Waals surface area contributed by atoms with Crippen molar-refractivity contribution in [1.29, 1.82) is 0 Å². The molecule has 0 bridgehead atoms. The molecule has 2 aliphatic rings. The molecule has 248 valence electrons. The number of thioether (sulfide) groups is 1. The molecule has 0 spiro atoms. The normalized spacial score (nSPS) is 32.0. The lowest BCUT2D eigenvalue weighted by Gasteiger charge is -2.34. The number of carbonyl (C=O) groups is 3. The molecule has 10 nitrogen and oxygen atoms in total. The lowest BCUT2D eigenvalue weighted by molar-refractivity contribution is -0.154. The Hall–Kier alpha value is -1.99. The third-order valence-corrected chi connectivity index (χ3v) is 10.4. The van der Waals surface area contributed by atoms with Crippen molar-refractivity contribution in [1.82, 2.24) is 9.88 Å². The molecule has 0 aromatic carbocycles. The second kappa shape index (κ2) is 16.5. The number of esters is 1. The minimum atomic E-state index is -1.27. The van der Waals surface area contributed by atoms with Crippen molar-refractivity contribution in [3.8, 4) is 0 Å².